The van der Waals surface area contributed by atoms with Crippen LogP contribution in [0.15, 0.2) is 29.7 Å². The topological polar surface area (TPSA) is 90.9 Å². The highest BCUT2D eigenvalue weighted by Gasteiger charge is 2.08. The third kappa shape index (κ3) is 3.38. The van der Waals surface area contributed by atoms with E-state index in [1.165, 1.54) is 36.3 Å². The van der Waals surface area contributed by atoms with Crippen molar-refractivity contribution < 1.29 is 9.90 Å². The molecule has 0 radical (unpaired) electrons. The van der Waals surface area contributed by atoms with Gasteiger partial charge in [0.1, 0.15) is 12.1 Å². The Morgan fingerprint density at radius 3 is 3.11 bits per heavy atom. The van der Waals surface area contributed by atoms with Gasteiger partial charge >= 0.3 is 0 Å². The van der Waals surface area contributed by atoms with Gasteiger partial charge in [-0.15, -0.1) is 0 Å². The number of amides is 1. The fourth-order valence-corrected chi connectivity index (χ4v) is 1.94. The summed E-state index contributed by atoms with van der Waals surface area (Å²) in [4.78, 5) is 15.5. The van der Waals surface area contributed by atoms with E-state index in [0.717, 1.165) is 0 Å². The van der Waals surface area contributed by atoms with Crippen molar-refractivity contribution >= 4 is 35.0 Å². The number of phenols is 1. The third-order valence-corrected chi connectivity index (χ3v) is 3.08. The molecule has 0 bridgehead atoms. The van der Waals surface area contributed by atoms with Crippen molar-refractivity contribution in [3.63, 3.8) is 0 Å². The molecule has 3 N–H and O–H groups in total. The monoisotopic (exact) mass is 284 g/mol. The molecule has 6 nitrogen and oxygen atoms in total. The Labute approximate surface area is 112 Å². The Morgan fingerprint density at radius 1 is 1.56 bits per heavy atom. The zero-order chi connectivity index (χ0) is 13.0. The predicted molar refractivity (Wildman–Crippen MR) is 68.9 cm³/mol. The highest BCUT2D eigenvalue weighted by Crippen LogP contribution is 2.26. The Morgan fingerprint density at radius 2 is 2.39 bits per heavy atom. The fourth-order valence-electron chi connectivity index (χ4n) is 1.19. The number of hydrogen-bond donors (Lipinski definition) is 3. The van der Waals surface area contributed by atoms with Crippen LogP contribution in [0.2, 0.25) is 5.02 Å². The number of H-pyrrole nitrogens is 1. The Balaban J connectivity index is 1.92. The van der Waals surface area contributed by atoms with Gasteiger partial charge in [0.25, 0.3) is 0 Å². The number of carbonyl (C=O) groups is 1. The maximum absolute atomic E-state index is 11.6. The lowest BCUT2D eigenvalue weighted by Crippen LogP contribution is -2.14. The number of benzene rings is 1. The summed E-state index contributed by atoms with van der Waals surface area (Å²) < 4.78 is 0. The summed E-state index contributed by atoms with van der Waals surface area (Å²) in [7, 11) is 0. The van der Waals surface area contributed by atoms with Crippen LogP contribution in [0.1, 0.15) is 0 Å². The van der Waals surface area contributed by atoms with Crippen molar-refractivity contribution in [1.29, 1.82) is 0 Å². The van der Waals surface area contributed by atoms with Gasteiger partial charge < -0.3 is 10.4 Å². The lowest BCUT2D eigenvalue weighted by atomic mass is 10.3. The lowest BCUT2D eigenvalue weighted by molar-refractivity contribution is -0.113. The summed E-state index contributed by atoms with van der Waals surface area (Å²) >= 11 is 6.98. The molecule has 0 saturated carbocycles. The first-order chi connectivity index (χ1) is 8.65. The fraction of sp³-hybridized carbons (Fsp3) is 0.100. The van der Waals surface area contributed by atoms with Gasteiger partial charge in [-0.25, -0.2) is 4.98 Å². The van der Waals surface area contributed by atoms with Crippen LogP contribution in [0.3, 0.4) is 0 Å². The molecule has 0 unspecified atom stereocenters. The molecule has 0 fully saturated rings. The number of phenolic OH excluding ortho intramolecular Hbond substituents is 1. The molecule has 8 heteroatoms. The molecule has 2 aromatic rings. The van der Waals surface area contributed by atoms with Crippen molar-refractivity contribution in [3.8, 4) is 5.75 Å². The molecular weight excluding hydrogens is 276 g/mol. The molecule has 0 atom stereocenters. The first-order valence-electron chi connectivity index (χ1n) is 4.91. The molecule has 1 aromatic carbocycles. The van der Waals surface area contributed by atoms with E-state index in [0.29, 0.717) is 10.2 Å². The second-order valence-electron chi connectivity index (χ2n) is 3.29. The van der Waals surface area contributed by atoms with Gasteiger partial charge in [0.2, 0.25) is 5.91 Å². The Bertz CT molecular complexity index is 547. The molecular formula is C10H9ClN4O2S. The van der Waals surface area contributed by atoms with Crippen LogP contribution in [0.4, 0.5) is 5.69 Å². The van der Waals surface area contributed by atoms with Crippen molar-refractivity contribution in [2.24, 2.45) is 0 Å². The molecule has 94 valence electrons. The number of nitrogens with zero attached hydrogens (tertiary/aromatic N) is 2. The molecule has 0 aliphatic carbocycles. The smallest absolute Gasteiger partial charge is 0.234 e. The molecule has 0 saturated heterocycles. The normalized spacial score (nSPS) is 10.3. The second kappa shape index (κ2) is 5.74. The zero-order valence-corrected chi connectivity index (χ0v) is 10.6. The van der Waals surface area contributed by atoms with E-state index in [1.54, 1.807) is 0 Å². The summed E-state index contributed by atoms with van der Waals surface area (Å²) in [6, 6.07) is 4.44. The predicted octanol–water partition coefficient (Wildman–Crippen LogP) is 1.89. The average molecular weight is 285 g/mol. The third-order valence-electron chi connectivity index (χ3n) is 1.97. The van der Waals surface area contributed by atoms with Gasteiger partial charge in [-0.05, 0) is 18.2 Å². The zero-order valence-electron chi connectivity index (χ0n) is 9.05. The van der Waals surface area contributed by atoms with Gasteiger partial charge in [0.15, 0.2) is 5.16 Å². The van der Waals surface area contributed by atoms with Crippen LogP contribution in [0, 0.1) is 0 Å². The van der Waals surface area contributed by atoms with E-state index in [9.17, 15) is 9.90 Å². The standard InChI is InChI=1S/C10H9ClN4O2S/c11-6-1-2-8(16)7(3-6)14-9(17)4-18-10-12-5-13-15-10/h1-3,5,16H,4H2,(H,14,17)(H,12,13,15). The van der Waals surface area contributed by atoms with E-state index in [-0.39, 0.29) is 23.1 Å². The van der Waals surface area contributed by atoms with Gasteiger partial charge in [0, 0.05) is 5.02 Å². The first-order valence-corrected chi connectivity index (χ1v) is 6.28. The van der Waals surface area contributed by atoms with Crippen LogP contribution >= 0.6 is 23.4 Å². The minimum atomic E-state index is -0.269. The number of thioether (sulfide) groups is 1. The number of carbonyl (C=O) groups excluding carboxylic acids is 1. The molecule has 2 rings (SSSR count). The van der Waals surface area contributed by atoms with Gasteiger partial charge in [-0.1, -0.05) is 23.4 Å². The second-order valence-corrected chi connectivity index (χ2v) is 4.69. The number of aromatic nitrogens is 3. The number of anilines is 1. The highest BCUT2D eigenvalue weighted by molar-refractivity contribution is 7.99. The van der Waals surface area contributed by atoms with Gasteiger partial charge in [-0.3, -0.25) is 9.89 Å². The Hall–Kier alpha value is -1.73. The SMILES string of the molecule is O=C(CSc1ncn[nH]1)Nc1cc(Cl)ccc1O. The molecule has 1 aromatic heterocycles. The van der Waals surface area contributed by atoms with Crippen LogP contribution in [-0.4, -0.2) is 31.9 Å². The van der Waals surface area contributed by atoms with E-state index < -0.39 is 0 Å². The number of rotatable bonds is 4. The molecule has 1 heterocycles. The maximum Gasteiger partial charge on any atom is 0.234 e. The summed E-state index contributed by atoms with van der Waals surface area (Å²) in [5, 5.41) is 19.4. The van der Waals surface area contributed by atoms with Crippen LogP contribution < -0.4 is 5.32 Å². The molecule has 0 aliphatic heterocycles. The number of nitrogens with one attached hydrogen (secondary N) is 2. The molecule has 0 aliphatic rings. The van der Waals surface area contributed by atoms with Crippen molar-refractivity contribution in [2.75, 3.05) is 11.1 Å². The van der Waals surface area contributed by atoms with Crippen LogP contribution in [-0.2, 0) is 4.79 Å². The van der Waals surface area contributed by atoms with Gasteiger partial charge in [0.05, 0.1) is 11.4 Å². The van der Waals surface area contributed by atoms with Crippen molar-refractivity contribution in [3.05, 3.63) is 29.5 Å². The summed E-state index contributed by atoms with van der Waals surface area (Å²) in [6.45, 7) is 0. The number of aromatic hydroxyl groups is 1. The largest absolute Gasteiger partial charge is 0.506 e. The van der Waals surface area contributed by atoms with E-state index in [1.807, 2.05) is 0 Å². The van der Waals surface area contributed by atoms with Crippen molar-refractivity contribution in [2.45, 2.75) is 5.16 Å². The van der Waals surface area contributed by atoms with Crippen LogP contribution in [0.25, 0.3) is 0 Å². The van der Waals surface area contributed by atoms with E-state index in [4.69, 9.17) is 11.6 Å². The van der Waals surface area contributed by atoms with E-state index >= 15 is 0 Å². The Kier molecular flexibility index (Phi) is 4.06. The highest BCUT2D eigenvalue weighted by atomic mass is 35.5. The first kappa shape index (κ1) is 12.7. The van der Waals surface area contributed by atoms with Crippen LogP contribution in [0.5, 0.6) is 5.75 Å². The van der Waals surface area contributed by atoms with Gasteiger partial charge in [-0.2, -0.15) is 5.10 Å². The minimum Gasteiger partial charge on any atom is -0.506 e. The number of aromatic amines is 1. The summed E-state index contributed by atoms with van der Waals surface area (Å²) in [5.41, 5.74) is 0.283. The summed E-state index contributed by atoms with van der Waals surface area (Å²) in [5.74, 6) is -0.146. The number of hydrogen-bond acceptors (Lipinski definition) is 5. The van der Waals surface area contributed by atoms with E-state index in [2.05, 4.69) is 20.5 Å². The average Bonchev–Trinajstić information content (AvgIpc) is 2.84. The number of halogens is 1. The molecule has 0 spiro atoms. The minimum absolute atomic E-state index is 0.0302. The molecule has 1 amide bonds. The summed E-state index contributed by atoms with van der Waals surface area (Å²) in [6.07, 6.45) is 1.36. The maximum atomic E-state index is 11.6. The lowest BCUT2D eigenvalue weighted by Gasteiger charge is -2.06. The van der Waals surface area contributed by atoms with Crippen molar-refractivity contribution in [1.82, 2.24) is 15.2 Å². The molecule has 18 heavy (non-hydrogen) atoms. The quantitative estimate of drug-likeness (QED) is 0.589.